The Kier molecular flexibility index (Phi) is 5.05. The first kappa shape index (κ1) is 18.0. The Bertz CT molecular complexity index is 857. The van der Waals surface area contributed by atoms with Crippen LogP contribution in [0.15, 0.2) is 41.4 Å². The maximum atomic E-state index is 6.44. The van der Waals surface area contributed by atoms with Gasteiger partial charge in [-0.25, -0.2) is 4.99 Å². The lowest BCUT2D eigenvalue weighted by atomic mass is 9.79. The molecule has 2 aromatic carbocycles. The number of hydrogen-bond donors (Lipinski definition) is 2. The van der Waals surface area contributed by atoms with Gasteiger partial charge in [0.05, 0.1) is 21.9 Å². The fraction of sp³-hybridized carbons (Fsp3) is 0.350. The van der Waals surface area contributed by atoms with Crippen molar-refractivity contribution >= 4 is 52.0 Å². The average molecular weight is 409 g/mol. The predicted molar refractivity (Wildman–Crippen MR) is 111 cm³/mol. The van der Waals surface area contributed by atoms with Crippen molar-refractivity contribution in [3.05, 3.63) is 57.0 Å². The number of nitrogens with zero attached hydrogens (tertiary/aromatic N) is 1. The topological polar surface area (TPSA) is 36.4 Å². The number of rotatable bonds is 2. The molecule has 6 heteroatoms. The van der Waals surface area contributed by atoms with Gasteiger partial charge in [0.1, 0.15) is 5.84 Å². The van der Waals surface area contributed by atoms with Crippen LogP contribution < -0.4 is 10.6 Å². The second kappa shape index (κ2) is 7.30. The van der Waals surface area contributed by atoms with E-state index < -0.39 is 0 Å². The van der Waals surface area contributed by atoms with E-state index in [1.807, 2.05) is 24.3 Å². The lowest BCUT2D eigenvalue weighted by molar-refractivity contribution is 0.396. The number of fused-ring (bicyclic) bond motifs is 1. The Hall–Kier alpha value is -1.42. The van der Waals surface area contributed by atoms with Gasteiger partial charge in [-0.2, -0.15) is 0 Å². The molecule has 0 aromatic heterocycles. The third-order valence-corrected chi connectivity index (χ3v) is 5.89. The molecule has 1 fully saturated rings. The molecule has 1 spiro atoms. The molecule has 2 aromatic rings. The summed E-state index contributed by atoms with van der Waals surface area (Å²) in [6.45, 7) is 0.673. The van der Waals surface area contributed by atoms with Gasteiger partial charge in [0.25, 0.3) is 0 Å². The molecule has 2 N–H and O–H groups in total. The van der Waals surface area contributed by atoms with E-state index >= 15 is 0 Å². The van der Waals surface area contributed by atoms with Crippen molar-refractivity contribution < 1.29 is 0 Å². The largest absolute Gasteiger partial charge is 0.370 e. The van der Waals surface area contributed by atoms with Crippen LogP contribution in [-0.2, 0) is 6.54 Å². The molecule has 2 aliphatic rings. The first-order valence-electron chi connectivity index (χ1n) is 8.90. The minimum atomic E-state index is -0.193. The number of anilines is 1. The Morgan fingerprint density at radius 3 is 2.58 bits per heavy atom. The molecule has 1 saturated carbocycles. The van der Waals surface area contributed by atoms with Crippen molar-refractivity contribution in [1.29, 1.82) is 0 Å². The SMILES string of the molecule is Clc1cccc(CNC2=Nc3cc(Cl)cc(Cl)c3NC23CCCCC3)c1. The normalized spacial score (nSPS) is 18.0. The number of amidine groups is 1. The molecule has 26 heavy (non-hydrogen) atoms. The molecule has 0 amide bonds. The number of nitrogens with one attached hydrogen (secondary N) is 2. The van der Waals surface area contributed by atoms with Crippen molar-refractivity contribution in [2.45, 2.75) is 44.2 Å². The zero-order valence-electron chi connectivity index (χ0n) is 14.3. The highest BCUT2D eigenvalue weighted by Crippen LogP contribution is 2.44. The smallest absolute Gasteiger partial charge is 0.128 e. The van der Waals surface area contributed by atoms with Gasteiger partial charge < -0.3 is 10.6 Å². The Morgan fingerprint density at radius 1 is 1.00 bits per heavy atom. The minimum Gasteiger partial charge on any atom is -0.370 e. The van der Waals surface area contributed by atoms with E-state index in [9.17, 15) is 0 Å². The second-order valence-electron chi connectivity index (χ2n) is 6.99. The van der Waals surface area contributed by atoms with Gasteiger partial charge in [-0.3, -0.25) is 0 Å². The molecule has 1 aliphatic carbocycles. The summed E-state index contributed by atoms with van der Waals surface area (Å²) in [5.74, 6) is 0.961. The Morgan fingerprint density at radius 2 is 1.81 bits per heavy atom. The van der Waals surface area contributed by atoms with Crippen molar-refractivity contribution in [3.63, 3.8) is 0 Å². The number of hydrogen-bond acceptors (Lipinski definition) is 3. The van der Waals surface area contributed by atoms with Gasteiger partial charge in [0.2, 0.25) is 0 Å². The number of aliphatic imine (C=N–C) groups is 1. The zero-order valence-corrected chi connectivity index (χ0v) is 16.6. The van der Waals surface area contributed by atoms with Crippen LogP contribution in [0.1, 0.15) is 37.7 Å². The lowest BCUT2D eigenvalue weighted by Crippen LogP contribution is -2.54. The van der Waals surface area contributed by atoms with E-state index in [0.29, 0.717) is 16.6 Å². The van der Waals surface area contributed by atoms with Crippen molar-refractivity contribution in [2.24, 2.45) is 4.99 Å². The van der Waals surface area contributed by atoms with Gasteiger partial charge >= 0.3 is 0 Å². The van der Waals surface area contributed by atoms with E-state index in [-0.39, 0.29) is 5.54 Å². The average Bonchev–Trinajstić information content (AvgIpc) is 2.62. The van der Waals surface area contributed by atoms with Crippen LogP contribution in [0.3, 0.4) is 0 Å². The maximum absolute atomic E-state index is 6.44. The van der Waals surface area contributed by atoms with Crippen molar-refractivity contribution in [3.8, 4) is 0 Å². The lowest BCUT2D eigenvalue weighted by Gasteiger charge is -2.43. The van der Waals surface area contributed by atoms with E-state index in [4.69, 9.17) is 39.8 Å². The first-order valence-corrected chi connectivity index (χ1v) is 10.0. The van der Waals surface area contributed by atoms with Crippen LogP contribution in [-0.4, -0.2) is 11.4 Å². The summed E-state index contributed by atoms with van der Waals surface area (Å²) in [7, 11) is 0. The molecule has 136 valence electrons. The minimum absolute atomic E-state index is 0.193. The molecule has 0 bridgehead atoms. The van der Waals surface area contributed by atoms with Crippen molar-refractivity contribution in [1.82, 2.24) is 5.32 Å². The molecular formula is C20H20Cl3N3. The monoisotopic (exact) mass is 407 g/mol. The molecule has 0 saturated heterocycles. The summed E-state index contributed by atoms with van der Waals surface area (Å²) in [4.78, 5) is 4.92. The van der Waals surface area contributed by atoms with E-state index in [0.717, 1.165) is 40.6 Å². The maximum Gasteiger partial charge on any atom is 0.128 e. The number of benzene rings is 2. The second-order valence-corrected chi connectivity index (χ2v) is 8.27. The Balaban J connectivity index is 1.68. The molecule has 3 nitrogen and oxygen atoms in total. The van der Waals surface area contributed by atoms with Crippen LogP contribution in [0, 0.1) is 0 Å². The summed E-state index contributed by atoms with van der Waals surface area (Å²) in [6.07, 6.45) is 5.67. The molecule has 0 atom stereocenters. The predicted octanol–water partition coefficient (Wildman–Crippen LogP) is 6.60. The molecular weight excluding hydrogens is 389 g/mol. The van der Waals surface area contributed by atoms with Gasteiger partial charge in [0.15, 0.2) is 0 Å². The van der Waals surface area contributed by atoms with Gasteiger partial charge in [0, 0.05) is 16.6 Å². The zero-order chi connectivity index (χ0) is 18.1. The molecule has 4 rings (SSSR count). The highest BCUT2D eigenvalue weighted by Gasteiger charge is 2.40. The van der Waals surface area contributed by atoms with Crippen LogP contribution >= 0.6 is 34.8 Å². The third kappa shape index (κ3) is 3.53. The summed E-state index contributed by atoms with van der Waals surface area (Å²) in [5, 5.41) is 9.20. The van der Waals surface area contributed by atoms with Crippen molar-refractivity contribution in [2.75, 3.05) is 5.32 Å². The van der Waals surface area contributed by atoms with Gasteiger partial charge in [-0.15, -0.1) is 0 Å². The van der Waals surface area contributed by atoms with Gasteiger partial charge in [-0.05, 0) is 42.7 Å². The first-order chi connectivity index (χ1) is 12.6. The van der Waals surface area contributed by atoms with Crippen LogP contribution in [0.5, 0.6) is 0 Å². The summed E-state index contributed by atoms with van der Waals surface area (Å²) in [5.41, 5.74) is 2.60. The summed E-state index contributed by atoms with van der Waals surface area (Å²) >= 11 is 18.7. The summed E-state index contributed by atoms with van der Waals surface area (Å²) in [6, 6.07) is 11.5. The van der Waals surface area contributed by atoms with E-state index in [2.05, 4.69) is 16.7 Å². The van der Waals surface area contributed by atoms with E-state index in [1.165, 1.54) is 19.3 Å². The molecule has 1 aliphatic heterocycles. The van der Waals surface area contributed by atoms with Gasteiger partial charge in [-0.1, -0.05) is 66.2 Å². The molecule has 1 heterocycles. The van der Waals surface area contributed by atoms with Crippen LogP contribution in [0.25, 0.3) is 0 Å². The molecule has 0 unspecified atom stereocenters. The third-order valence-electron chi connectivity index (χ3n) is 5.14. The Labute approximate surface area is 168 Å². The van der Waals surface area contributed by atoms with E-state index in [1.54, 1.807) is 6.07 Å². The molecule has 0 radical (unpaired) electrons. The number of halogens is 3. The fourth-order valence-corrected chi connectivity index (χ4v) is 4.60. The highest BCUT2D eigenvalue weighted by atomic mass is 35.5. The van der Waals surface area contributed by atoms with Crippen LogP contribution in [0.2, 0.25) is 15.1 Å². The quantitative estimate of drug-likeness (QED) is 0.587. The van der Waals surface area contributed by atoms with Crippen LogP contribution in [0.4, 0.5) is 11.4 Å². The fourth-order valence-electron chi connectivity index (χ4n) is 3.86. The summed E-state index contributed by atoms with van der Waals surface area (Å²) < 4.78 is 0. The standard InChI is InChI=1S/C20H20Cl3N3/c21-14-6-4-5-13(9-14)12-24-19-20(7-2-1-3-8-20)26-18-16(23)10-15(22)11-17(18)25-19/h4-6,9-11,26H,1-3,7-8,12H2,(H,24,25). The highest BCUT2D eigenvalue weighted by molar-refractivity contribution is 6.37.